The van der Waals surface area contributed by atoms with E-state index in [4.69, 9.17) is 4.74 Å². The van der Waals surface area contributed by atoms with Crippen molar-refractivity contribution < 1.29 is 14.3 Å². The number of aromatic nitrogens is 3. The maximum Gasteiger partial charge on any atom is 0.410 e. The Morgan fingerprint density at radius 1 is 1.03 bits per heavy atom. The molecule has 2 aromatic heterocycles. The van der Waals surface area contributed by atoms with Crippen LogP contribution in [0.15, 0.2) is 49.1 Å². The van der Waals surface area contributed by atoms with Crippen LogP contribution in [0, 0.1) is 0 Å². The van der Waals surface area contributed by atoms with Crippen molar-refractivity contribution in [2.24, 2.45) is 0 Å². The zero-order valence-corrected chi connectivity index (χ0v) is 19.4. The minimum absolute atomic E-state index is 0.140. The summed E-state index contributed by atoms with van der Waals surface area (Å²) in [6.45, 7) is 7.06. The summed E-state index contributed by atoms with van der Waals surface area (Å²) >= 11 is 0. The van der Waals surface area contributed by atoms with E-state index in [1.54, 1.807) is 12.3 Å². The van der Waals surface area contributed by atoms with Crippen LogP contribution in [-0.2, 0) is 4.74 Å². The smallest absolute Gasteiger partial charge is 0.410 e. The van der Waals surface area contributed by atoms with Crippen LogP contribution in [0.2, 0.25) is 0 Å². The molecule has 2 saturated heterocycles. The fraction of sp³-hybridized carbons (Fsp3) is 0.375. The van der Waals surface area contributed by atoms with E-state index < -0.39 is 11.6 Å². The van der Waals surface area contributed by atoms with Crippen LogP contribution in [0.5, 0.6) is 0 Å². The number of ether oxygens (including phenoxy) is 1. The molecule has 1 aromatic carbocycles. The Labute approximate surface area is 197 Å². The van der Waals surface area contributed by atoms with Crippen LogP contribution in [-0.4, -0.2) is 62.8 Å². The maximum absolute atomic E-state index is 12.5. The highest BCUT2D eigenvalue weighted by Crippen LogP contribution is 2.37. The quantitative estimate of drug-likeness (QED) is 0.609. The number of pyridine rings is 1. The van der Waals surface area contributed by atoms with Crippen molar-refractivity contribution in [2.45, 2.75) is 44.9 Å². The first-order chi connectivity index (χ1) is 16.3. The van der Waals surface area contributed by atoms with E-state index >= 15 is 0 Å². The SMILES string of the molecule is CC(C)(C)OC(=O)N1CC2CC1CN2c1ccc2c(NC(=O)Nc3cnccn3)ccnc2c1. The lowest BCUT2D eigenvalue weighted by molar-refractivity contribution is 0.0214. The third-order valence-corrected chi connectivity index (χ3v) is 5.98. The first-order valence-corrected chi connectivity index (χ1v) is 11.3. The molecular formula is C24H27N7O3. The number of carbonyl (C=O) groups excluding carboxylic acids is 2. The summed E-state index contributed by atoms with van der Waals surface area (Å²) in [6, 6.07) is 7.77. The summed E-state index contributed by atoms with van der Waals surface area (Å²) in [5.74, 6) is 0.366. The molecule has 10 nitrogen and oxygen atoms in total. The minimum atomic E-state index is -0.500. The van der Waals surface area contributed by atoms with Gasteiger partial charge in [-0.3, -0.25) is 15.3 Å². The van der Waals surface area contributed by atoms with E-state index in [0.717, 1.165) is 29.6 Å². The molecule has 2 aliphatic heterocycles. The largest absolute Gasteiger partial charge is 0.444 e. The number of carbonyl (C=O) groups is 2. The molecule has 176 valence electrons. The summed E-state index contributed by atoms with van der Waals surface area (Å²) in [5.41, 5.74) is 1.98. The Morgan fingerprint density at radius 2 is 1.88 bits per heavy atom. The maximum atomic E-state index is 12.5. The molecule has 4 heterocycles. The lowest BCUT2D eigenvalue weighted by atomic mass is 10.1. The molecule has 0 saturated carbocycles. The lowest BCUT2D eigenvalue weighted by Crippen LogP contribution is -2.50. The highest BCUT2D eigenvalue weighted by molar-refractivity contribution is 6.05. The zero-order chi connectivity index (χ0) is 23.9. The molecule has 10 heteroatoms. The fourth-order valence-electron chi connectivity index (χ4n) is 4.59. The highest BCUT2D eigenvalue weighted by atomic mass is 16.6. The predicted molar refractivity (Wildman–Crippen MR) is 129 cm³/mol. The minimum Gasteiger partial charge on any atom is -0.444 e. The number of fused-ring (bicyclic) bond motifs is 3. The lowest BCUT2D eigenvalue weighted by Gasteiger charge is -2.36. The van der Waals surface area contributed by atoms with E-state index in [1.165, 1.54) is 18.6 Å². The van der Waals surface area contributed by atoms with Gasteiger partial charge < -0.3 is 19.9 Å². The van der Waals surface area contributed by atoms with Crippen molar-refractivity contribution in [1.82, 2.24) is 19.9 Å². The number of urea groups is 1. The molecule has 2 atom stereocenters. The molecule has 2 aliphatic rings. The van der Waals surface area contributed by atoms with Gasteiger partial charge in [0.25, 0.3) is 0 Å². The first-order valence-electron chi connectivity index (χ1n) is 11.3. The third kappa shape index (κ3) is 4.43. The van der Waals surface area contributed by atoms with E-state index in [9.17, 15) is 9.59 Å². The molecule has 2 bridgehead atoms. The molecule has 2 N–H and O–H groups in total. The van der Waals surface area contributed by atoms with Gasteiger partial charge in [0.2, 0.25) is 0 Å². The summed E-state index contributed by atoms with van der Waals surface area (Å²) < 4.78 is 5.57. The molecule has 3 aromatic rings. The van der Waals surface area contributed by atoms with Gasteiger partial charge in [0, 0.05) is 48.8 Å². The Balaban J connectivity index is 1.29. The number of amides is 3. The van der Waals surface area contributed by atoms with Gasteiger partial charge in [-0.1, -0.05) is 0 Å². The van der Waals surface area contributed by atoms with Crippen molar-refractivity contribution in [1.29, 1.82) is 0 Å². The fourth-order valence-corrected chi connectivity index (χ4v) is 4.59. The number of likely N-dealkylation sites (tertiary alicyclic amines) is 1. The topological polar surface area (TPSA) is 113 Å². The van der Waals surface area contributed by atoms with Crippen LogP contribution < -0.4 is 15.5 Å². The van der Waals surface area contributed by atoms with Crippen molar-refractivity contribution >= 4 is 40.2 Å². The standard InChI is InChI=1S/C24H27N7O3/c1-24(2,3)34-23(33)31-14-16-10-17(31)13-30(16)15-4-5-18-19(6-7-26-20(18)11-15)28-22(32)29-21-12-25-8-9-27-21/h4-9,11-12,16-17H,10,13-14H2,1-3H3,(H2,26,27,28,29,32). The number of piperazine rings is 1. The van der Waals surface area contributed by atoms with E-state index in [2.05, 4.69) is 30.5 Å². The van der Waals surface area contributed by atoms with Crippen molar-refractivity contribution in [3.63, 3.8) is 0 Å². The molecule has 0 spiro atoms. The molecule has 34 heavy (non-hydrogen) atoms. The molecular weight excluding hydrogens is 434 g/mol. The second kappa shape index (κ2) is 8.44. The Kier molecular flexibility index (Phi) is 5.43. The molecule has 0 radical (unpaired) electrons. The van der Waals surface area contributed by atoms with Crippen LogP contribution in [0.3, 0.4) is 0 Å². The average molecular weight is 462 g/mol. The zero-order valence-electron chi connectivity index (χ0n) is 19.4. The Hall–Kier alpha value is -3.95. The van der Waals surface area contributed by atoms with E-state index in [-0.39, 0.29) is 18.2 Å². The number of nitrogens with one attached hydrogen (secondary N) is 2. The number of nitrogens with zero attached hydrogens (tertiary/aromatic N) is 5. The van der Waals surface area contributed by atoms with Crippen molar-refractivity contribution in [2.75, 3.05) is 28.6 Å². The van der Waals surface area contributed by atoms with Gasteiger partial charge in [0.1, 0.15) is 5.60 Å². The van der Waals surface area contributed by atoms with Gasteiger partial charge in [-0.2, -0.15) is 0 Å². The highest BCUT2D eigenvalue weighted by Gasteiger charge is 2.46. The van der Waals surface area contributed by atoms with Gasteiger partial charge in [-0.15, -0.1) is 0 Å². The summed E-state index contributed by atoms with van der Waals surface area (Å²) in [4.78, 5) is 41.6. The summed E-state index contributed by atoms with van der Waals surface area (Å²) in [7, 11) is 0. The predicted octanol–water partition coefficient (Wildman–Crippen LogP) is 3.87. The van der Waals surface area contributed by atoms with Crippen molar-refractivity contribution in [3.8, 4) is 0 Å². The van der Waals surface area contributed by atoms with Crippen molar-refractivity contribution in [3.05, 3.63) is 49.1 Å². The third-order valence-electron chi connectivity index (χ3n) is 5.98. The summed E-state index contributed by atoms with van der Waals surface area (Å²) in [5, 5.41) is 6.35. The second-order valence-electron chi connectivity index (χ2n) is 9.56. The van der Waals surface area contributed by atoms with Gasteiger partial charge in [0.15, 0.2) is 5.82 Å². The van der Waals surface area contributed by atoms with Crippen LogP contribution >= 0.6 is 0 Å². The van der Waals surface area contributed by atoms with E-state index in [0.29, 0.717) is 18.1 Å². The monoisotopic (exact) mass is 461 g/mol. The average Bonchev–Trinajstić information content (AvgIpc) is 3.40. The second-order valence-corrected chi connectivity index (χ2v) is 9.56. The van der Waals surface area contributed by atoms with Gasteiger partial charge in [-0.05, 0) is 51.5 Å². The summed E-state index contributed by atoms with van der Waals surface area (Å²) in [6.07, 6.45) is 6.88. The number of hydrogen-bond acceptors (Lipinski definition) is 7. The Morgan fingerprint density at radius 3 is 2.59 bits per heavy atom. The molecule has 2 unspecified atom stereocenters. The van der Waals surface area contributed by atoms with E-state index in [1.807, 2.05) is 43.9 Å². The molecule has 2 fully saturated rings. The molecule has 5 rings (SSSR count). The number of hydrogen-bond donors (Lipinski definition) is 2. The molecule has 3 amide bonds. The number of benzene rings is 1. The first kappa shape index (κ1) is 21.9. The normalized spacial score (nSPS) is 19.4. The van der Waals surface area contributed by atoms with Gasteiger partial charge in [0.05, 0.1) is 23.4 Å². The van der Waals surface area contributed by atoms with Crippen LogP contribution in [0.4, 0.5) is 26.8 Å². The van der Waals surface area contributed by atoms with Gasteiger partial charge >= 0.3 is 12.1 Å². The Bertz CT molecular complexity index is 1230. The molecule has 0 aliphatic carbocycles. The van der Waals surface area contributed by atoms with Gasteiger partial charge in [-0.25, -0.2) is 14.6 Å². The van der Waals surface area contributed by atoms with Crippen LogP contribution in [0.25, 0.3) is 10.9 Å². The number of anilines is 3. The number of rotatable bonds is 3. The van der Waals surface area contributed by atoms with Crippen LogP contribution in [0.1, 0.15) is 27.2 Å².